The van der Waals surface area contributed by atoms with Crippen molar-refractivity contribution in [1.82, 2.24) is 9.13 Å². The van der Waals surface area contributed by atoms with Crippen LogP contribution in [0.4, 0.5) is 132 Å². The maximum atomic E-state index is 14.8. The van der Waals surface area contributed by atoms with Crippen LogP contribution in [0.5, 0.6) is 0 Å². The summed E-state index contributed by atoms with van der Waals surface area (Å²) in [5, 5.41) is 9.34. The third-order valence-electron chi connectivity index (χ3n) is 18.0. The molecule has 0 amide bonds. The summed E-state index contributed by atoms with van der Waals surface area (Å²) < 4.78 is 438. The van der Waals surface area contributed by atoms with Crippen molar-refractivity contribution in [2.75, 3.05) is 0 Å². The summed E-state index contributed by atoms with van der Waals surface area (Å²) in [6, 6.07) is 21.5. The number of nitrogens with zero attached hydrogens (tertiary/aromatic N) is 3. The minimum absolute atomic E-state index is 0.208. The molecule has 0 atom stereocenters. The van der Waals surface area contributed by atoms with Crippen molar-refractivity contribution >= 4 is 43.6 Å². The van der Waals surface area contributed by atoms with E-state index in [9.17, 15) is 137 Å². The summed E-state index contributed by atoms with van der Waals surface area (Å²) in [6.07, 6.45) is -54.9. The molecule has 0 N–H and O–H groups in total. The van der Waals surface area contributed by atoms with Crippen molar-refractivity contribution in [3.05, 3.63) is 261 Å². The normalized spacial score (nSPS) is 13.4. The van der Waals surface area contributed by atoms with E-state index in [-0.39, 0.29) is 133 Å². The van der Waals surface area contributed by atoms with Crippen LogP contribution < -0.4 is 0 Å². The van der Waals surface area contributed by atoms with Gasteiger partial charge in [0.1, 0.15) is 0 Å². The molecule has 0 spiro atoms. The first-order chi connectivity index (χ1) is 50.7. The van der Waals surface area contributed by atoms with Crippen LogP contribution in [-0.2, 0) is 61.8 Å². The molecule has 0 saturated heterocycles. The molecule has 110 heavy (non-hydrogen) atoms. The van der Waals surface area contributed by atoms with Gasteiger partial charge in [0.15, 0.2) is 0 Å². The first-order valence-electron chi connectivity index (χ1n) is 31.1. The van der Waals surface area contributed by atoms with Gasteiger partial charge in [-0.2, -0.15) is 137 Å². The average Bonchev–Trinajstić information content (AvgIpc) is 1.56. The van der Waals surface area contributed by atoms with E-state index in [0.717, 1.165) is 114 Å². The second-order valence-corrected chi connectivity index (χ2v) is 25.1. The molecule has 13 rings (SSSR count). The molecule has 0 bridgehead atoms. The van der Waals surface area contributed by atoms with Crippen LogP contribution >= 0.6 is 0 Å². The number of hydrogen-bond acceptors (Lipinski definition) is 1. The van der Waals surface area contributed by atoms with Crippen LogP contribution in [-0.4, -0.2) is 9.13 Å². The Balaban J connectivity index is 1.16. The highest BCUT2D eigenvalue weighted by Gasteiger charge is 2.43. The van der Waals surface area contributed by atoms with Crippen molar-refractivity contribution in [1.29, 1.82) is 5.26 Å². The van der Waals surface area contributed by atoms with Crippen LogP contribution in [0.1, 0.15) is 61.2 Å². The van der Waals surface area contributed by atoms with Gasteiger partial charge in [0.25, 0.3) is 0 Å². The zero-order valence-corrected chi connectivity index (χ0v) is 53.7. The fourth-order valence-electron chi connectivity index (χ4n) is 13.0. The van der Waals surface area contributed by atoms with Gasteiger partial charge in [-0.15, -0.1) is 0 Å². The Morgan fingerprint density at radius 2 is 0.400 bits per heavy atom. The summed E-state index contributed by atoms with van der Waals surface area (Å²) in [5.41, 5.74) is -28.2. The summed E-state index contributed by atoms with van der Waals surface area (Å²) in [6.45, 7) is 0. The lowest BCUT2D eigenvalue weighted by Crippen LogP contribution is -2.11. The van der Waals surface area contributed by atoms with E-state index >= 15 is 0 Å². The van der Waals surface area contributed by atoms with Gasteiger partial charge in [0.2, 0.25) is 0 Å². The monoisotopic (exact) mass is 1570 g/mol. The van der Waals surface area contributed by atoms with E-state index < -0.39 is 179 Å². The zero-order valence-electron chi connectivity index (χ0n) is 53.7. The van der Waals surface area contributed by atoms with Gasteiger partial charge >= 0.3 is 61.8 Å². The molecular formula is C77H33F30N3. The largest absolute Gasteiger partial charge is 0.416 e. The maximum absolute atomic E-state index is 14.8. The molecule has 2 aromatic heterocycles. The molecular weight excluding hydrogens is 1540 g/mol. The SMILES string of the molecule is N#Cc1ccc(-n2c3ccc(-c4cc(C(F)(F)F)cc(C(F)(F)F)c4)cc3c3cc(-c4cc(C(F)(F)F)cc(C(F)(F)F)c4)ccc32)c(-c2ccc(-c3cc(C(F)(F)F)cc(C(F)(F)F)c3)cc2-n2c3ccc(-c4cc(C(F)(F)F)cc(C(F)(F)F)c4)cc3c3cc(-c4cc(C(F)(F)F)cc(C(F)(F)F)c4)ccc32)c1. The minimum atomic E-state index is -5.54. The van der Waals surface area contributed by atoms with Crippen molar-refractivity contribution in [2.24, 2.45) is 0 Å². The van der Waals surface area contributed by atoms with Crippen LogP contribution in [0.3, 0.4) is 0 Å². The predicted molar refractivity (Wildman–Crippen MR) is 342 cm³/mol. The molecule has 33 heteroatoms. The fraction of sp³-hybridized carbons (Fsp3) is 0.130. The lowest BCUT2D eigenvalue weighted by Gasteiger charge is -2.21. The number of halogens is 30. The van der Waals surface area contributed by atoms with E-state index in [1.54, 1.807) is 0 Å². The number of fused-ring (bicyclic) bond motifs is 6. The molecule has 0 aliphatic carbocycles. The van der Waals surface area contributed by atoms with Crippen molar-refractivity contribution in [2.45, 2.75) is 61.8 Å². The first kappa shape index (κ1) is 76.6. The lowest BCUT2D eigenvalue weighted by atomic mass is 9.93. The molecule has 0 fully saturated rings. The molecule has 0 aliphatic rings. The Labute approximate surface area is 595 Å². The van der Waals surface area contributed by atoms with Gasteiger partial charge in [0.05, 0.1) is 101 Å². The van der Waals surface area contributed by atoms with Gasteiger partial charge in [-0.1, -0.05) is 36.4 Å². The molecule has 0 aliphatic heterocycles. The Kier molecular flexibility index (Phi) is 18.0. The van der Waals surface area contributed by atoms with Crippen molar-refractivity contribution in [3.63, 3.8) is 0 Å². The van der Waals surface area contributed by atoms with Crippen LogP contribution in [0.25, 0.3) is 122 Å². The molecule has 2 heterocycles. The molecule has 0 radical (unpaired) electrons. The van der Waals surface area contributed by atoms with E-state index in [0.29, 0.717) is 24.3 Å². The van der Waals surface area contributed by atoms with Crippen LogP contribution in [0.15, 0.2) is 200 Å². The summed E-state index contributed by atoms with van der Waals surface area (Å²) in [7, 11) is 0. The van der Waals surface area contributed by atoms with E-state index in [4.69, 9.17) is 0 Å². The maximum Gasteiger partial charge on any atom is 0.416 e. The number of aromatic nitrogens is 2. The Morgan fingerprint density at radius 3 is 0.618 bits per heavy atom. The van der Waals surface area contributed by atoms with E-state index in [2.05, 4.69) is 0 Å². The lowest BCUT2D eigenvalue weighted by molar-refractivity contribution is -0.144. The standard InChI is InChI=1S/C77H33F30N3/c78-68(79,80)46-14-41(15-47(29-46)69(81,82)83)36-3-9-63-58(24-36)59-25-37(42-16-48(70(84,85)86)30-49(17-42)71(87,88)89)4-10-64(59)109(63)62-8-1-35(34-108)13-57(62)56-7-2-40(45-22-54(76(102,103)104)33-55(23-45)77(105,106)107)28-67(56)110-65-11-5-38(43-18-50(72(90,91)92)31-51(19-43)73(93,94)95)26-60(65)61-27-39(6-12-66(61)110)44-20-52(74(96,97)98)32-53(21-44)75(99,100)101/h1-33H. The summed E-state index contributed by atoms with van der Waals surface area (Å²) >= 11 is 0. The van der Waals surface area contributed by atoms with Gasteiger partial charge in [-0.3, -0.25) is 0 Å². The summed E-state index contributed by atoms with van der Waals surface area (Å²) in [5.74, 6) is 0. The third-order valence-corrected chi connectivity index (χ3v) is 18.0. The quantitative estimate of drug-likeness (QED) is 0.140. The van der Waals surface area contributed by atoms with Gasteiger partial charge in [0, 0.05) is 32.7 Å². The highest BCUT2D eigenvalue weighted by molar-refractivity contribution is 6.14. The molecule has 566 valence electrons. The molecule has 13 aromatic rings. The van der Waals surface area contributed by atoms with E-state index in [1.807, 2.05) is 6.07 Å². The highest BCUT2D eigenvalue weighted by atomic mass is 19.4. The topological polar surface area (TPSA) is 33.6 Å². The van der Waals surface area contributed by atoms with E-state index in [1.165, 1.54) is 4.57 Å². The van der Waals surface area contributed by atoms with Crippen molar-refractivity contribution in [3.8, 4) is 84.2 Å². The molecule has 0 saturated carbocycles. The summed E-state index contributed by atoms with van der Waals surface area (Å²) in [4.78, 5) is 0. The van der Waals surface area contributed by atoms with Gasteiger partial charge in [-0.05, 0) is 219 Å². The van der Waals surface area contributed by atoms with Crippen LogP contribution in [0.2, 0.25) is 0 Å². The Bertz CT molecular complexity index is 5520. The highest BCUT2D eigenvalue weighted by Crippen LogP contribution is 2.51. The predicted octanol–water partition coefficient (Wildman–Crippen LogP) is 27.9. The smallest absolute Gasteiger partial charge is 0.309 e. The zero-order chi connectivity index (χ0) is 80.2. The van der Waals surface area contributed by atoms with Crippen molar-refractivity contribution < 1.29 is 132 Å². The minimum Gasteiger partial charge on any atom is -0.309 e. The van der Waals surface area contributed by atoms with Crippen LogP contribution in [0, 0.1) is 11.3 Å². The Morgan fingerprint density at radius 1 is 0.191 bits per heavy atom. The number of alkyl halides is 30. The number of hydrogen-bond donors (Lipinski definition) is 0. The van der Waals surface area contributed by atoms with Gasteiger partial charge < -0.3 is 9.13 Å². The molecule has 11 aromatic carbocycles. The number of benzene rings is 11. The first-order valence-corrected chi connectivity index (χ1v) is 31.1. The molecule has 0 unspecified atom stereocenters. The third kappa shape index (κ3) is 14.7. The number of nitriles is 1. The Hall–Kier alpha value is -11.6. The van der Waals surface area contributed by atoms with Gasteiger partial charge in [-0.25, -0.2) is 0 Å². The average molecular weight is 1570 g/mol. The fourth-order valence-corrected chi connectivity index (χ4v) is 13.0. The second-order valence-electron chi connectivity index (χ2n) is 25.1. The number of rotatable bonds is 8. The molecule has 3 nitrogen and oxygen atoms in total. The second kappa shape index (κ2) is 25.8.